The molecule has 22 heavy (non-hydrogen) atoms. The van der Waals surface area contributed by atoms with Crippen LogP contribution in [0.5, 0.6) is 0 Å². The molecule has 1 aliphatic carbocycles. The van der Waals surface area contributed by atoms with Crippen LogP contribution in [-0.2, 0) is 12.8 Å². The van der Waals surface area contributed by atoms with Crippen LogP contribution < -0.4 is 0 Å². The Bertz CT molecular complexity index is 940. The molecule has 0 saturated heterocycles. The number of pyridine rings is 1. The summed E-state index contributed by atoms with van der Waals surface area (Å²) in [5, 5.41) is 2.50. The third-order valence-electron chi connectivity index (χ3n) is 4.61. The minimum atomic E-state index is 1.04. The number of hydrogen-bond acceptors (Lipinski definition) is 2. The van der Waals surface area contributed by atoms with Crippen LogP contribution in [0.1, 0.15) is 22.3 Å². The molecule has 1 aliphatic heterocycles. The highest BCUT2D eigenvalue weighted by molar-refractivity contribution is 7.99. The monoisotopic (exact) mass is 301 g/mol. The highest BCUT2D eigenvalue weighted by atomic mass is 32.2. The van der Waals surface area contributed by atoms with Crippen LogP contribution in [0.3, 0.4) is 0 Å². The number of allylic oxidation sites excluding steroid dienone is 1. The first-order valence-electron chi connectivity index (χ1n) is 7.74. The molecule has 3 aromatic rings. The lowest BCUT2D eigenvalue weighted by atomic mass is 9.97. The van der Waals surface area contributed by atoms with Gasteiger partial charge in [-0.1, -0.05) is 36.4 Å². The minimum absolute atomic E-state index is 1.04. The second-order valence-corrected chi connectivity index (χ2v) is 7.02. The molecule has 0 spiro atoms. The van der Waals surface area contributed by atoms with Gasteiger partial charge in [0.2, 0.25) is 0 Å². The molecule has 2 heterocycles. The van der Waals surface area contributed by atoms with E-state index in [1.165, 1.54) is 44.0 Å². The van der Waals surface area contributed by atoms with Crippen LogP contribution in [0.2, 0.25) is 0 Å². The van der Waals surface area contributed by atoms with Crippen LogP contribution in [0, 0.1) is 0 Å². The largest absolute Gasteiger partial charge is 0.241 e. The molecule has 2 heteroatoms. The molecule has 0 saturated carbocycles. The van der Waals surface area contributed by atoms with E-state index in [9.17, 15) is 0 Å². The fourth-order valence-electron chi connectivity index (χ4n) is 3.49. The SMILES string of the molecule is C1=C(c2ccc3nc4c(cc3c2)CCS4)c2ccccc2C1. The number of thioether (sulfide) groups is 1. The summed E-state index contributed by atoms with van der Waals surface area (Å²) in [7, 11) is 0. The van der Waals surface area contributed by atoms with Crippen LogP contribution >= 0.6 is 11.8 Å². The summed E-state index contributed by atoms with van der Waals surface area (Å²) >= 11 is 1.88. The molecule has 0 bridgehead atoms. The maximum atomic E-state index is 4.81. The fourth-order valence-corrected chi connectivity index (χ4v) is 4.51. The zero-order valence-electron chi connectivity index (χ0n) is 12.2. The van der Waals surface area contributed by atoms with Crippen molar-refractivity contribution in [3.05, 3.63) is 76.9 Å². The smallest absolute Gasteiger partial charge is 0.1000 e. The van der Waals surface area contributed by atoms with Gasteiger partial charge in [0.25, 0.3) is 0 Å². The van der Waals surface area contributed by atoms with Crippen molar-refractivity contribution in [2.24, 2.45) is 0 Å². The average molecular weight is 301 g/mol. The van der Waals surface area contributed by atoms with E-state index in [4.69, 9.17) is 4.98 Å². The van der Waals surface area contributed by atoms with Crippen molar-refractivity contribution in [3.8, 4) is 0 Å². The number of aromatic nitrogens is 1. The van der Waals surface area contributed by atoms with E-state index in [1.54, 1.807) is 0 Å². The van der Waals surface area contributed by atoms with Gasteiger partial charge in [0.05, 0.1) is 10.5 Å². The van der Waals surface area contributed by atoms with Gasteiger partial charge in [-0.3, -0.25) is 0 Å². The molecule has 0 unspecified atom stereocenters. The van der Waals surface area contributed by atoms with Gasteiger partial charge in [0.15, 0.2) is 0 Å². The topological polar surface area (TPSA) is 12.9 Å². The summed E-state index contributed by atoms with van der Waals surface area (Å²) in [6.45, 7) is 0. The summed E-state index contributed by atoms with van der Waals surface area (Å²) in [5.41, 5.74) is 8.02. The van der Waals surface area contributed by atoms with Gasteiger partial charge < -0.3 is 0 Å². The quantitative estimate of drug-likeness (QED) is 0.636. The fraction of sp³-hybridized carbons (Fsp3) is 0.150. The van der Waals surface area contributed by atoms with Gasteiger partial charge >= 0.3 is 0 Å². The van der Waals surface area contributed by atoms with Crippen molar-refractivity contribution in [2.75, 3.05) is 5.75 Å². The van der Waals surface area contributed by atoms with E-state index >= 15 is 0 Å². The summed E-state index contributed by atoms with van der Waals surface area (Å²) < 4.78 is 0. The van der Waals surface area contributed by atoms with E-state index in [0.717, 1.165) is 18.4 Å². The van der Waals surface area contributed by atoms with E-state index in [0.29, 0.717) is 0 Å². The first-order valence-corrected chi connectivity index (χ1v) is 8.72. The van der Waals surface area contributed by atoms with Gasteiger partial charge in [-0.2, -0.15) is 0 Å². The van der Waals surface area contributed by atoms with Crippen molar-refractivity contribution in [1.29, 1.82) is 0 Å². The molecule has 0 amide bonds. The van der Waals surface area contributed by atoms with E-state index in [1.807, 2.05) is 11.8 Å². The highest BCUT2D eigenvalue weighted by Crippen LogP contribution is 2.36. The summed E-state index contributed by atoms with van der Waals surface area (Å²) in [5.74, 6) is 1.17. The highest BCUT2D eigenvalue weighted by Gasteiger charge is 2.17. The second kappa shape index (κ2) is 4.72. The molecule has 1 nitrogen and oxygen atoms in total. The lowest BCUT2D eigenvalue weighted by Gasteiger charge is -2.08. The number of fused-ring (bicyclic) bond motifs is 3. The summed E-state index contributed by atoms with van der Waals surface area (Å²) in [4.78, 5) is 4.81. The zero-order chi connectivity index (χ0) is 14.5. The lowest BCUT2D eigenvalue weighted by Crippen LogP contribution is -1.90. The molecule has 5 rings (SSSR count). The predicted molar refractivity (Wildman–Crippen MR) is 93.4 cm³/mol. The molecule has 0 fully saturated rings. The lowest BCUT2D eigenvalue weighted by molar-refractivity contribution is 1.08. The molecule has 0 atom stereocenters. The number of hydrogen-bond donors (Lipinski definition) is 0. The average Bonchev–Trinajstić information content (AvgIpc) is 3.18. The van der Waals surface area contributed by atoms with Crippen LogP contribution in [0.15, 0.2) is 59.6 Å². The van der Waals surface area contributed by atoms with E-state index < -0.39 is 0 Å². The molecule has 2 aromatic carbocycles. The van der Waals surface area contributed by atoms with Crippen molar-refractivity contribution in [2.45, 2.75) is 17.9 Å². The number of aryl methyl sites for hydroxylation is 1. The first-order chi connectivity index (χ1) is 10.9. The van der Waals surface area contributed by atoms with Crippen LogP contribution in [0.4, 0.5) is 0 Å². The Balaban J connectivity index is 1.66. The Morgan fingerprint density at radius 3 is 2.91 bits per heavy atom. The molecule has 0 radical (unpaired) electrons. The molecule has 2 aliphatic rings. The van der Waals surface area contributed by atoms with Crippen molar-refractivity contribution < 1.29 is 0 Å². The number of benzene rings is 2. The van der Waals surface area contributed by atoms with Gasteiger partial charge in [-0.05, 0) is 58.9 Å². The van der Waals surface area contributed by atoms with Crippen molar-refractivity contribution in [1.82, 2.24) is 4.98 Å². The Labute approximate surface area is 134 Å². The van der Waals surface area contributed by atoms with Crippen LogP contribution in [0.25, 0.3) is 16.5 Å². The molecule has 1 aromatic heterocycles. The normalized spacial score (nSPS) is 15.7. The standard InChI is InChI=1S/C20H15NS/c1-2-4-17-13(3-1)5-7-18(17)14-6-8-19-16(11-14)12-15-9-10-22-20(15)21-19/h1-4,6-8,11-12H,5,9-10H2. The second-order valence-electron chi connectivity index (χ2n) is 5.94. The van der Waals surface area contributed by atoms with Gasteiger partial charge in [-0.15, -0.1) is 11.8 Å². The summed E-state index contributed by atoms with van der Waals surface area (Å²) in [6.07, 6.45) is 4.55. The molecular formula is C20H15NS. The molecule has 106 valence electrons. The Morgan fingerprint density at radius 1 is 0.955 bits per heavy atom. The van der Waals surface area contributed by atoms with Gasteiger partial charge in [0.1, 0.15) is 0 Å². The van der Waals surface area contributed by atoms with Crippen molar-refractivity contribution >= 4 is 28.2 Å². The molecule has 0 N–H and O–H groups in total. The summed E-state index contributed by atoms with van der Waals surface area (Å²) in [6, 6.07) is 17.7. The number of rotatable bonds is 1. The molecular weight excluding hydrogens is 286 g/mol. The first kappa shape index (κ1) is 12.5. The predicted octanol–water partition coefficient (Wildman–Crippen LogP) is 4.87. The Kier molecular flexibility index (Phi) is 2.68. The Hall–Kier alpha value is -2.06. The third kappa shape index (κ3) is 1.84. The van der Waals surface area contributed by atoms with E-state index in [-0.39, 0.29) is 0 Å². The van der Waals surface area contributed by atoms with Crippen molar-refractivity contribution in [3.63, 3.8) is 0 Å². The van der Waals surface area contributed by atoms with Gasteiger partial charge in [-0.25, -0.2) is 4.98 Å². The number of nitrogens with zero attached hydrogens (tertiary/aromatic N) is 1. The van der Waals surface area contributed by atoms with Crippen LogP contribution in [-0.4, -0.2) is 10.7 Å². The minimum Gasteiger partial charge on any atom is -0.241 e. The van der Waals surface area contributed by atoms with E-state index in [2.05, 4.69) is 54.6 Å². The maximum absolute atomic E-state index is 4.81. The zero-order valence-corrected chi connectivity index (χ0v) is 13.0. The maximum Gasteiger partial charge on any atom is 0.1000 e. The van der Waals surface area contributed by atoms with Gasteiger partial charge in [0, 0.05) is 11.1 Å². The Morgan fingerprint density at radius 2 is 1.91 bits per heavy atom. The third-order valence-corrected chi connectivity index (χ3v) is 5.64.